The number of thioether (sulfide) groups is 1. The van der Waals surface area contributed by atoms with Crippen LogP contribution < -0.4 is 5.73 Å². The maximum Gasteiger partial charge on any atom is 0.181 e. The predicted octanol–water partition coefficient (Wildman–Crippen LogP) is 1.93. The van der Waals surface area contributed by atoms with Gasteiger partial charge in [-0.3, -0.25) is 4.98 Å². The highest BCUT2D eigenvalue weighted by molar-refractivity contribution is 7.99. The van der Waals surface area contributed by atoms with Crippen molar-refractivity contribution < 1.29 is 0 Å². The van der Waals surface area contributed by atoms with Crippen LogP contribution >= 0.6 is 11.8 Å². The molecule has 0 aliphatic rings. The molecule has 0 saturated heterocycles. The number of nitrogens with two attached hydrogens (primary N) is 1. The number of aromatic amines is 1. The van der Waals surface area contributed by atoms with Gasteiger partial charge in [0.25, 0.3) is 0 Å². The minimum Gasteiger partial charge on any atom is -0.341 e. The lowest BCUT2D eigenvalue weighted by molar-refractivity contribution is 0.719. The second kappa shape index (κ2) is 5.56. The number of hydrogen-bond donors (Lipinski definition) is 2. The zero-order valence-electron chi connectivity index (χ0n) is 10.9. The number of imidazole rings is 1. The van der Waals surface area contributed by atoms with Crippen LogP contribution in [-0.2, 0) is 0 Å². The van der Waals surface area contributed by atoms with E-state index in [-0.39, 0.29) is 11.3 Å². The molecule has 3 rings (SSSR count). The molecule has 0 amide bonds. The van der Waals surface area contributed by atoms with Gasteiger partial charge in [-0.15, -0.1) is 0 Å². The average Bonchev–Trinajstić information content (AvgIpc) is 2.94. The lowest BCUT2D eigenvalue weighted by Crippen LogP contribution is -2.22. The number of nitrogens with one attached hydrogen (secondary N) is 1. The Balaban J connectivity index is 1.96. The first-order chi connectivity index (χ1) is 9.75. The fraction of sp³-hybridized carbons (Fsp3) is 0.231. The summed E-state index contributed by atoms with van der Waals surface area (Å²) in [6.07, 6.45) is 6.70. The summed E-state index contributed by atoms with van der Waals surface area (Å²) >= 11 is 1.61. The van der Waals surface area contributed by atoms with Crippen LogP contribution in [0.4, 0.5) is 0 Å². The second-order valence-electron chi connectivity index (χ2n) is 4.46. The van der Waals surface area contributed by atoms with Crippen molar-refractivity contribution in [3.63, 3.8) is 0 Å². The number of fused-ring (bicyclic) bond motifs is 1. The smallest absolute Gasteiger partial charge is 0.181 e. The number of nitrogens with zero attached hydrogens (tertiary/aromatic N) is 4. The largest absolute Gasteiger partial charge is 0.341 e. The predicted molar refractivity (Wildman–Crippen MR) is 78.2 cm³/mol. The zero-order chi connectivity index (χ0) is 13.9. The molecule has 3 aromatic rings. The minimum absolute atomic E-state index is 0.0182. The van der Waals surface area contributed by atoms with Crippen LogP contribution in [0.3, 0.4) is 0 Å². The van der Waals surface area contributed by atoms with Crippen molar-refractivity contribution in [1.29, 1.82) is 0 Å². The second-order valence-corrected chi connectivity index (χ2v) is 5.59. The number of H-pyrrole nitrogens is 1. The van der Waals surface area contributed by atoms with Crippen molar-refractivity contribution in [2.24, 2.45) is 5.73 Å². The summed E-state index contributed by atoms with van der Waals surface area (Å²) in [5.41, 5.74) is 8.77. The first-order valence-electron chi connectivity index (χ1n) is 6.22. The molecule has 0 aliphatic heterocycles. The Morgan fingerprint density at radius 1 is 1.20 bits per heavy atom. The molecule has 0 aliphatic carbocycles. The van der Waals surface area contributed by atoms with Crippen molar-refractivity contribution in [3.8, 4) is 0 Å². The molecule has 0 bridgehead atoms. The third-order valence-electron chi connectivity index (χ3n) is 2.94. The fourth-order valence-corrected chi connectivity index (χ4v) is 3.11. The van der Waals surface area contributed by atoms with Gasteiger partial charge in [0.05, 0.1) is 11.6 Å². The van der Waals surface area contributed by atoms with Gasteiger partial charge in [0, 0.05) is 18.4 Å². The molecule has 0 spiro atoms. The molecule has 0 saturated carbocycles. The number of rotatable bonds is 4. The van der Waals surface area contributed by atoms with Crippen LogP contribution in [0.5, 0.6) is 0 Å². The van der Waals surface area contributed by atoms with E-state index < -0.39 is 0 Å². The topological polar surface area (TPSA) is 93.4 Å². The summed E-state index contributed by atoms with van der Waals surface area (Å²) in [5, 5.41) is 0.950. The van der Waals surface area contributed by atoms with Gasteiger partial charge in [-0.2, -0.15) is 0 Å². The molecule has 0 aromatic carbocycles. The number of aromatic nitrogens is 5. The first kappa shape index (κ1) is 13.0. The molecule has 6 nitrogen and oxygen atoms in total. The maximum absolute atomic E-state index is 6.13. The van der Waals surface area contributed by atoms with Crippen LogP contribution in [0.1, 0.15) is 17.7 Å². The van der Waals surface area contributed by atoms with Gasteiger partial charge in [0.2, 0.25) is 0 Å². The highest BCUT2D eigenvalue weighted by atomic mass is 32.2. The summed E-state index contributed by atoms with van der Waals surface area (Å²) < 4.78 is 0. The third-order valence-corrected chi connectivity index (χ3v) is 4.43. The van der Waals surface area contributed by atoms with Gasteiger partial charge in [-0.05, 0) is 24.6 Å². The Hall–Kier alpha value is -1.99. The van der Waals surface area contributed by atoms with Crippen LogP contribution in [0.25, 0.3) is 11.2 Å². The highest BCUT2D eigenvalue weighted by Crippen LogP contribution is 2.37. The van der Waals surface area contributed by atoms with Crippen LogP contribution in [-0.4, -0.2) is 31.0 Å². The van der Waals surface area contributed by atoms with E-state index in [2.05, 4.69) is 24.9 Å². The molecule has 0 radical (unpaired) electrons. The molecule has 3 aromatic heterocycles. The Kier molecular flexibility index (Phi) is 3.62. The van der Waals surface area contributed by atoms with E-state index in [4.69, 9.17) is 5.73 Å². The molecule has 2 unspecified atom stereocenters. The molecule has 102 valence electrons. The van der Waals surface area contributed by atoms with Crippen molar-refractivity contribution in [3.05, 3.63) is 42.7 Å². The quantitative estimate of drug-likeness (QED) is 0.562. The van der Waals surface area contributed by atoms with Crippen molar-refractivity contribution in [1.82, 2.24) is 24.9 Å². The van der Waals surface area contributed by atoms with Crippen LogP contribution in [0, 0.1) is 0 Å². The van der Waals surface area contributed by atoms with Crippen molar-refractivity contribution in [2.75, 3.05) is 0 Å². The van der Waals surface area contributed by atoms with E-state index in [9.17, 15) is 0 Å². The Labute approximate surface area is 120 Å². The average molecular weight is 286 g/mol. The van der Waals surface area contributed by atoms with Crippen LogP contribution in [0.2, 0.25) is 0 Å². The van der Waals surface area contributed by atoms with Gasteiger partial charge >= 0.3 is 0 Å². The molecule has 20 heavy (non-hydrogen) atoms. The standard InChI is InChI=1S/C13H14N6S/c1-8(14)11(9-2-4-15-5-3-9)20-13-10-12(17-6-16-10)18-7-19-13/h2-8,11H,14H2,1H3,(H,16,17,18,19). The highest BCUT2D eigenvalue weighted by Gasteiger charge is 2.20. The number of hydrogen-bond acceptors (Lipinski definition) is 6. The fourth-order valence-electron chi connectivity index (χ4n) is 1.98. The monoisotopic (exact) mass is 286 g/mol. The molecular formula is C13H14N6S. The number of pyridine rings is 1. The zero-order valence-corrected chi connectivity index (χ0v) is 11.7. The molecule has 7 heteroatoms. The maximum atomic E-state index is 6.13. The molecule has 2 atom stereocenters. The molecule has 3 heterocycles. The summed E-state index contributed by atoms with van der Waals surface area (Å²) in [5.74, 6) is 0. The van der Waals surface area contributed by atoms with Gasteiger partial charge in [-0.1, -0.05) is 11.8 Å². The van der Waals surface area contributed by atoms with Gasteiger partial charge in [0.1, 0.15) is 16.9 Å². The summed E-state index contributed by atoms with van der Waals surface area (Å²) in [6.45, 7) is 1.99. The summed E-state index contributed by atoms with van der Waals surface area (Å²) in [4.78, 5) is 19.7. The Morgan fingerprint density at radius 2 is 2.00 bits per heavy atom. The van der Waals surface area contributed by atoms with E-state index >= 15 is 0 Å². The molecular weight excluding hydrogens is 272 g/mol. The van der Waals surface area contributed by atoms with E-state index in [0.29, 0.717) is 5.65 Å². The normalized spacial score (nSPS) is 14.3. The SMILES string of the molecule is CC(N)C(Sc1ncnc2nc[nH]c12)c1ccncc1. The van der Waals surface area contributed by atoms with Crippen LogP contribution in [0.15, 0.2) is 42.2 Å². The van der Waals surface area contributed by atoms with E-state index in [1.165, 1.54) is 6.33 Å². The first-order valence-corrected chi connectivity index (χ1v) is 7.10. The van der Waals surface area contributed by atoms with E-state index in [0.717, 1.165) is 16.1 Å². The van der Waals surface area contributed by atoms with Gasteiger partial charge in [0.15, 0.2) is 5.65 Å². The molecule has 3 N–H and O–H groups in total. The van der Waals surface area contributed by atoms with Crippen molar-refractivity contribution in [2.45, 2.75) is 23.2 Å². The minimum atomic E-state index is -0.0182. The summed E-state index contributed by atoms with van der Waals surface area (Å²) in [7, 11) is 0. The van der Waals surface area contributed by atoms with Crippen molar-refractivity contribution >= 4 is 22.9 Å². The van der Waals surface area contributed by atoms with Gasteiger partial charge in [-0.25, -0.2) is 15.0 Å². The Bertz CT molecular complexity index is 696. The lowest BCUT2D eigenvalue weighted by atomic mass is 10.1. The third kappa shape index (κ3) is 2.50. The molecule has 0 fully saturated rings. The summed E-state index contributed by atoms with van der Waals surface area (Å²) in [6, 6.07) is 3.94. The Morgan fingerprint density at radius 3 is 2.75 bits per heavy atom. The lowest BCUT2D eigenvalue weighted by Gasteiger charge is -2.20. The van der Waals surface area contributed by atoms with Gasteiger partial charge < -0.3 is 10.7 Å². The van der Waals surface area contributed by atoms with E-state index in [1.807, 2.05) is 19.1 Å². The van der Waals surface area contributed by atoms with E-state index in [1.54, 1.807) is 30.5 Å².